The van der Waals surface area contributed by atoms with Crippen molar-refractivity contribution < 1.29 is 4.74 Å². The lowest BCUT2D eigenvalue weighted by molar-refractivity contribution is 0.0981. The molecule has 0 N–H and O–H groups in total. The Morgan fingerprint density at radius 3 is 2.64 bits per heavy atom. The molecule has 0 radical (unpaired) electrons. The summed E-state index contributed by atoms with van der Waals surface area (Å²) in [7, 11) is 0. The maximum atomic E-state index is 5.61. The van der Waals surface area contributed by atoms with E-state index in [-0.39, 0.29) is 0 Å². The molecule has 14 heavy (non-hydrogen) atoms. The first-order chi connectivity index (χ1) is 6.59. The van der Waals surface area contributed by atoms with Gasteiger partial charge in [-0.05, 0) is 45.3 Å². The molecule has 1 aliphatic carbocycles. The molecule has 0 unspecified atom stereocenters. The molecule has 0 saturated heterocycles. The molecule has 0 aromatic heterocycles. The summed E-state index contributed by atoms with van der Waals surface area (Å²) in [4.78, 5) is 0. The highest BCUT2D eigenvalue weighted by atomic mass is 16.5. The molecule has 0 heterocycles. The molecular formula is C13H20O. The molecule has 0 fully saturated rings. The van der Waals surface area contributed by atoms with Crippen LogP contribution in [0.1, 0.15) is 34.1 Å². The van der Waals surface area contributed by atoms with Gasteiger partial charge in [-0.2, -0.15) is 0 Å². The summed E-state index contributed by atoms with van der Waals surface area (Å²) in [6, 6.07) is 0. The summed E-state index contributed by atoms with van der Waals surface area (Å²) >= 11 is 0. The van der Waals surface area contributed by atoms with E-state index in [2.05, 4.69) is 45.9 Å². The van der Waals surface area contributed by atoms with E-state index in [0.29, 0.717) is 6.10 Å². The van der Waals surface area contributed by atoms with Crippen molar-refractivity contribution in [2.24, 2.45) is 0 Å². The number of hydrogen-bond donors (Lipinski definition) is 0. The second-order valence-electron chi connectivity index (χ2n) is 4.10. The summed E-state index contributed by atoms with van der Waals surface area (Å²) in [5.41, 5.74) is 4.00. The zero-order chi connectivity index (χ0) is 10.6. The molecule has 1 aliphatic rings. The van der Waals surface area contributed by atoms with Gasteiger partial charge in [0, 0.05) is 0 Å². The fraction of sp³-hybridized carbons (Fsp3) is 0.538. The van der Waals surface area contributed by atoms with Crippen LogP contribution in [0, 0.1) is 0 Å². The normalized spacial score (nSPS) is 17.4. The first kappa shape index (κ1) is 11.3. The lowest BCUT2D eigenvalue weighted by Gasteiger charge is -2.11. The molecule has 0 bridgehead atoms. The molecular weight excluding hydrogens is 172 g/mol. The Kier molecular flexibility index (Phi) is 4.15. The van der Waals surface area contributed by atoms with Gasteiger partial charge in [0.15, 0.2) is 0 Å². The fourth-order valence-electron chi connectivity index (χ4n) is 1.47. The quantitative estimate of drug-likeness (QED) is 0.663. The second-order valence-corrected chi connectivity index (χ2v) is 4.10. The fourth-order valence-corrected chi connectivity index (χ4v) is 1.47. The number of rotatable bonds is 3. The van der Waals surface area contributed by atoms with Crippen molar-refractivity contribution in [2.45, 2.75) is 40.2 Å². The minimum Gasteiger partial charge on any atom is -0.374 e. The highest BCUT2D eigenvalue weighted by Gasteiger charge is 2.04. The first-order valence-electron chi connectivity index (χ1n) is 5.25. The van der Waals surface area contributed by atoms with Crippen LogP contribution in [0.15, 0.2) is 34.9 Å². The number of ether oxygens (including phenoxy) is 1. The lowest BCUT2D eigenvalue weighted by Crippen LogP contribution is -2.06. The third-order valence-corrected chi connectivity index (χ3v) is 2.33. The molecule has 1 heteroatoms. The van der Waals surface area contributed by atoms with Crippen molar-refractivity contribution in [3.8, 4) is 0 Å². The highest BCUT2D eigenvalue weighted by molar-refractivity contribution is 5.38. The Morgan fingerprint density at radius 2 is 2.00 bits per heavy atom. The molecule has 1 nitrogen and oxygen atoms in total. The van der Waals surface area contributed by atoms with Crippen LogP contribution >= 0.6 is 0 Å². The van der Waals surface area contributed by atoms with Crippen molar-refractivity contribution in [2.75, 3.05) is 6.61 Å². The van der Waals surface area contributed by atoms with Crippen molar-refractivity contribution >= 4 is 0 Å². The minimum atomic E-state index is 0.306. The standard InChI is InChI=1S/C13H20O/c1-10(2)14-9-13-7-5-6-11(3)8-12(13)4/h6-8,10H,5,9H2,1-4H3. The van der Waals surface area contributed by atoms with Crippen LogP contribution in [0.25, 0.3) is 0 Å². The molecule has 78 valence electrons. The van der Waals surface area contributed by atoms with Gasteiger partial charge in [0.2, 0.25) is 0 Å². The van der Waals surface area contributed by atoms with Crippen LogP contribution in [0.2, 0.25) is 0 Å². The van der Waals surface area contributed by atoms with Crippen LogP contribution in [-0.2, 0) is 4.74 Å². The molecule has 0 aromatic carbocycles. The van der Waals surface area contributed by atoms with E-state index in [9.17, 15) is 0 Å². The summed E-state index contributed by atoms with van der Waals surface area (Å²) in [6.45, 7) is 9.17. The largest absolute Gasteiger partial charge is 0.374 e. The van der Waals surface area contributed by atoms with Crippen LogP contribution < -0.4 is 0 Å². The summed E-state index contributed by atoms with van der Waals surface area (Å²) in [5, 5.41) is 0. The number of allylic oxidation sites excluding steroid dienone is 4. The van der Waals surface area contributed by atoms with Gasteiger partial charge in [-0.15, -0.1) is 0 Å². The van der Waals surface area contributed by atoms with Crippen molar-refractivity contribution in [3.63, 3.8) is 0 Å². The van der Waals surface area contributed by atoms with Crippen LogP contribution in [0.3, 0.4) is 0 Å². The van der Waals surface area contributed by atoms with E-state index < -0.39 is 0 Å². The van der Waals surface area contributed by atoms with Crippen molar-refractivity contribution in [1.82, 2.24) is 0 Å². The SMILES string of the molecule is CC1=CCC=C(COC(C)C)C(C)=C1. The number of hydrogen-bond acceptors (Lipinski definition) is 1. The van der Waals surface area contributed by atoms with Crippen molar-refractivity contribution in [3.05, 3.63) is 34.9 Å². The van der Waals surface area contributed by atoms with Gasteiger partial charge in [-0.1, -0.05) is 23.8 Å². The Bertz CT molecular complexity index is 280. The minimum absolute atomic E-state index is 0.306. The monoisotopic (exact) mass is 192 g/mol. The van der Waals surface area contributed by atoms with E-state index in [4.69, 9.17) is 4.74 Å². The van der Waals surface area contributed by atoms with Gasteiger partial charge in [0.25, 0.3) is 0 Å². The lowest BCUT2D eigenvalue weighted by atomic mass is 10.1. The van der Waals surface area contributed by atoms with Gasteiger partial charge in [0.1, 0.15) is 0 Å². The van der Waals surface area contributed by atoms with Gasteiger partial charge in [-0.25, -0.2) is 0 Å². The molecule has 0 aromatic rings. The van der Waals surface area contributed by atoms with E-state index in [0.717, 1.165) is 13.0 Å². The Labute approximate surface area is 87.2 Å². The van der Waals surface area contributed by atoms with E-state index in [1.165, 1.54) is 16.7 Å². The third-order valence-electron chi connectivity index (χ3n) is 2.33. The van der Waals surface area contributed by atoms with E-state index in [1.54, 1.807) is 0 Å². The van der Waals surface area contributed by atoms with Gasteiger partial charge >= 0.3 is 0 Å². The zero-order valence-corrected chi connectivity index (χ0v) is 9.63. The predicted molar refractivity (Wildman–Crippen MR) is 61.3 cm³/mol. The predicted octanol–water partition coefficient (Wildman–Crippen LogP) is 3.63. The summed E-state index contributed by atoms with van der Waals surface area (Å²) < 4.78 is 5.61. The van der Waals surface area contributed by atoms with Crippen molar-refractivity contribution in [1.29, 1.82) is 0 Å². The Balaban J connectivity index is 2.62. The molecule has 0 amide bonds. The Hall–Kier alpha value is -0.820. The summed E-state index contributed by atoms with van der Waals surface area (Å²) in [6.07, 6.45) is 8.05. The molecule has 0 aliphatic heterocycles. The maximum Gasteiger partial charge on any atom is 0.0719 e. The molecule has 0 atom stereocenters. The average Bonchev–Trinajstić information content (AvgIpc) is 2.23. The van der Waals surface area contributed by atoms with Crippen LogP contribution in [-0.4, -0.2) is 12.7 Å². The topological polar surface area (TPSA) is 9.23 Å². The summed E-state index contributed by atoms with van der Waals surface area (Å²) in [5.74, 6) is 0. The van der Waals surface area contributed by atoms with Gasteiger partial charge in [0.05, 0.1) is 12.7 Å². The van der Waals surface area contributed by atoms with E-state index in [1.807, 2.05) is 0 Å². The van der Waals surface area contributed by atoms with Gasteiger partial charge in [-0.3, -0.25) is 0 Å². The molecule has 0 saturated carbocycles. The van der Waals surface area contributed by atoms with E-state index >= 15 is 0 Å². The Morgan fingerprint density at radius 1 is 1.29 bits per heavy atom. The maximum absolute atomic E-state index is 5.61. The smallest absolute Gasteiger partial charge is 0.0719 e. The van der Waals surface area contributed by atoms with Crippen LogP contribution in [0.4, 0.5) is 0 Å². The molecule has 1 rings (SSSR count). The average molecular weight is 192 g/mol. The first-order valence-corrected chi connectivity index (χ1v) is 5.25. The van der Waals surface area contributed by atoms with Crippen LogP contribution in [0.5, 0.6) is 0 Å². The highest BCUT2D eigenvalue weighted by Crippen LogP contribution is 2.18. The zero-order valence-electron chi connectivity index (χ0n) is 9.63. The molecule has 0 spiro atoms. The van der Waals surface area contributed by atoms with Gasteiger partial charge < -0.3 is 4.74 Å². The second kappa shape index (κ2) is 5.16. The third kappa shape index (κ3) is 3.51.